The molecule has 3 aromatic rings. The van der Waals surface area contributed by atoms with Gasteiger partial charge in [0.05, 0.1) is 7.11 Å². The van der Waals surface area contributed by atoms with Crippen LogP contribution in [-0.4, -0.2) is 23.5 Å². The van der Waals surface area contributed by atoms with Crippen molar-refractivity contribution in [1.82, 2.24) is 9.88 Å². The van der Waals surface area contributed by atoms with Crippen LogP contribution in [0.25, 0.3) is 0 Å². The molecule has 1 unspecified atom stereocenters. The molecule has 2 heterocycles. The molecule has 1 saturated heterocycles. The van der Waals surface area contributed by atoms with E-state index in [0.29, 0.717) is 12.6 Å². The Morgan fingerprint density at radius 3 is 2.66 bits per heavy atom. The van der Waals surface area contributed by atoms with E-state index in [4.69, 9.17) is 9.47 Å². The number of methoxy groups -OCH3 is 1. The molecule has 4 nitrogen and oxygen atoms in total. The van der Waals surface area contributed by atoms with Gasteiger partial charge in [0, 0.05) is 25.0 Å². The predicted octanol–water partition coefficient (Wildman–Crippen LogP) is 5.40. The molecule has 1 fully saturated rings. The van der Waals surface area contributed by atoms with Crippen molar-refractivity contribution < 1.29 is 9.47 Å². The molecule has 150 valence electrons. The van der Waals surface area contributed by atoms with E-state index in [2.05, 4.69) is 40.2 Å². The summed E-state index contributed by atoms with van der Waals surface area (Å²) in [4.78, 5) is 6.89. The van der Waals surface area contributed by atoms with Crippen LogP contribution in [0.4, 0.5) is 0 Å². The van der Waals surface area contributed by atoms with Crippen LogP contribution in [0.1, 0.15) is 42.0 Å². The van der Waals surface area contributed by atoms with Gasteiger partial charge in [-0.15, -0.1) is 0 Å². The quantitative estimate of drug-likeness (QED) is 0.543. The Balaban J connectivity index is 1.50. The molecule has 0 aliphatic carbocycles. The van der Waals surface area contributed by atoms with Gasteiger partial charge >= 0.3 is 0 Å². The van der Waals surface area contributed by atoms with Gasteiger partial charge in [0.25, 0.3) is 0 Å². The highest BCUT2D eigenvalue weighted by Gasteiger charge is 2.24. The summed E-state index contributed by atoms with van der Waals surface area (Å²) < 4.78 is 11.6. The molecule has 0 N–H and O–H groups in total. The molecule has 0 saturated carbocycles. The second-order valence-electron chi connectivity index (χ2n) is 7.53. The zero-order chi connectivity index (χ0) is 19.9. The first-order chi connectivity index (χ1) is 14.3. The third-order valence-electron chi connectivity index (χ3n) is 5.53. The predicted molar refractivity (Wildman–Crippen MR) is 115 cm³/mol. The van der Waals surface area contributed by atoms with Gasteiger partial charge < -0.3 is 9.47 Å². The van der Waals surface area contributed by atoms with Crippen molar-refractivity contribution in [2.45, 2.75) is 38.5 Å². The molecular formula is C25H28N2O2. The lowest BCUT2D eigenvalue weighted by atomic mass is 9.95. The molecule has 1 aliphatic heterocycles. The first kappa shape index (κ1) is 19.5. The molecular weight excluding hydrogens is 360 g/mol. The normalized spacial score (nSPS) is 17.1. The number of nitrogens with zero attached hydrogens (tertiary/aromatic N) is 2. The Morgan fingerprint density at radius 1 is 0.966 bits per heavy atom. The fourth-order valence-electron chi connectivity index (χ4n) is 4.03. The molecule has 4 heteroatoms. The van der Waals surface area contributed by atoms with Gasteiger partial charge in [-0.3, -0.25) is 9.88 Å². The maximum absolute atomic E-state index is 6.10. The zero-order valence-electron chi connectivity index (χ0n) is 17.0. The summed E-state index contributed by atoms with van der Waals surface area (Å²) >= 11 is 0. The summed E-state index contributed by atoms with van der Waals surface area (Å²) in [6.45, 7) is 2.53. The van der Waals surface area contributed by atoms with Crippen LogP contribution in [0.2, 0.25) is 0 Å². The van der Waals surface area contributed by atoms with Crippen LogP contribution in [0.15, 0.2) is 73.1 Å². The highest BCUT2D eigenvalue weighted by molar-refractivity contribution is 5.43. The lowest BCUT2D eigenvalue weighted by Gasteiger charge is -2.36. The topological polar surface area (TPSA) is 34.6 Å². The number of hydrogen-bond acceptors (Lipinski definition) is 4. The van der Waals surface area contributed by atoms with Crippen molar-refractivity contribution in [3.8, 4) is 11.5 Å². The number of piperidine rings is 1. The summed E-state index contributed by atoms with van der Waals surface area (Å²) in [5.74, 6) is 1.57. The number of hydrogen-bond donors (Lipinski definition) is 0. The minimum atomic E-state index is 0.424. The Bertz CT molecular complexity index is 899. The largest absolute Gasteiger partial charge is 0.493 e. The third-order valence-corrected chi connectivity index (χ3v) is 5.53. The molecule has 29 heavy (non-hydrogen) atoms. The molecule has 4 rings (SSSR count). The van der Waals surface area contributed by atoms with Crippen LogP contribution >= 0.6 is 0 Å². The minimum absolute atomic E-state index is 0.424. The first-order valence-corrected chi connectivity index (χ1v) is 10.3. The zero-order valence-corrected chi connectivity index (χ0v) is 17.0. The maximum atomic E-state index is 6.10. The fraction of sp³-hybridized carbons (Fsp3) is 0.320. The van der Waals surface area contributed by atoms with E-state index in [1.54, 1.807) is 7.11 Å². The maximum Gasteiger partial charge on any atom is 0.161 e. The summed E-state index contributed by atoms with van der Waals surface area (Å²) in [6.07, 6.45) is 7.54. The Labute approximate surface area is 173 Å². The molecule has 1 atom stereocenters. The van der Waals surface area contributed by atoms with E-state index in [0.717, 1.165) is 30.2 Å². The second kappa shape index (κ2) is 9.57. The van der Waals surface area contributed by atoms with E-state index in [9.17, 15) is 0 Å². The van der Waals surface area contributed by atoms with Crippen molar-refractivity contribution in [2.75, 3.05) is 13.7 Å². The smallest absolute Gasteiger partial charge is 0.161 e. The number of aromatic nitrogens is 1. The summed E-state index contributed by atoms with van der Waals surface area (Å²) in [5.41, 5.74) is 3.69. The Morgan fingerprint density at radius 2 is 1.86 bits per heavy atom. The van der Waals surface area contributed by atoms with E-state index in [1.165, 1.54) is 30.4 Å². The van der Waals surface area contributed by atoms with Crippen molar-refractivity contribution in [1.29, 1.82) is 0 Å². The molecule has 1 aliphatic rings. The molecule has 1 aromatic heterocycles. The number of rotatable bonds is 7. The van der Waals surface area contributed by atoms with Gasteiger partial charge in [-0.1, -0.05) is 48.9 Å². The number of benzene rings is 2. The van der Waals surface area contributed by atoms with E-state index >= 15 is 0 Å². The average Bonchev–Trinajstić information content (AvgIpc) is 2.79. The van der Waals surface area contributed by atoms with E-state index < -0.39 is 0 Å². The van der Waals surface area contributed by atoms with Crippen molar-refractivity contribution in [3.05, 3.63) is 89.7 Å². The first-order valence-electron chi connectivity index (χ1n) is 10.3. The van der Waals surface area contributed by atoms with Gasteiger partial charge in [-0.05, 0) is 54.3 Å². The third kappa shape index (κ3) is 4.96. The molecule has 0 amide bonds. The monoisotopic (exact) mass is 388 g/mol. The van der Waals surface area contributed by atoms with Crippen molar-refractivity contribution >= 4 is 0 Å². The lowest BCUT2D eigenvalue weighted by molar-refractivity contribution is 0.140. The summed E-state index contributed by atoms with van der Waals surface area (Å²) in [7, 11) is 1.69. The molecule has 0 spiro atoms. The molecule has 0 radical (unpaired) electrons. The highest BCUT2D eigenvalue weighted by atomic mass is 16.5. The summed E-state index contributed by atoms with van der Waals surface area (Å²) in [5, 5.41) is 0. The van der Waals surface area contributed by atoms with Gasteiger partial charge in [0.2, 0.25) is 0 Å². The van der Waals surface area contributed by atoms with Crippen LogP contribution in [0, 0.1) is 0 Å². The molecule has 2 aromatic carbocycles. The summed E-state index contributed by atoms with van der Waals surface area (Å²) in [6, 6.07) is 21.1. The average molecular weight is 389 g/mol. The van der Waals surface area contributed by atoms with Gasteiger partial charge in [-0.2, -0.15) is 0 Å². The van der Waals surface area contributed by atoms with E-state index in [1.807, 2.05) is 42.7 Å². The van der Waals surface area contributed by atoms with Gasteiger partial charge in [-0.25, -0.2) is 0 Å². The van der Waals surface area contributed by atoms with Crippen LogP contribution in [-0.2, 0) is 13.2 Å². The highest BCUT2D eigenvalue weighted by Crippen LogP contribution is 2.34. The number of ether oxygens (including phenoxy) is 2. The van der Waals surface area contributed by atoms with Crippen LogP contribution in [0.3, 0.4) is 0 Å². The van der Waals surface area contributed by atoms with Crippen LogP contribution in [0.5, 0.6) is 11.5 Å². The van der Waals surface area contributed by atoms with E-state index in [-0.39, 0.29) is 0 Å². The standard InChI is InChI=1S/C25H28N2O2/c1-28-24-13-12-21(16-25(24)29-19-20-8-3-2-4-9-20)18-27-15-6-5-11-23(27)22-10-7-14-26-17-22/h2-4,7-10,12-14,16-17,23H,5-6,11,15,18-19H2,1H3. The minimum Gasteiger partial charge on any atom is -0.493 e. The SMILES string of the molecule is COc1ccc(CN2CCCCC2c2cccnc2)cc1OCc1ccccc1. The second-order valence-corrected chi connectivity index (χ2v) is 7.53. The Kier molecular flexibility index (Phi) is 6.42. The lowest BCUT2D eigenvalue weighted by Crippen LogP contribution is -2.33. The fourth-order valence-corrected chi connectivity index (χ4v) is 4.03. The van der Waals surface area contributed by atoms with Crippen molar-refractivity contribution in [2.24, 2.45) is 0 Å². The van der Waals surface area contributed by atoms with Gasteiger partial charge in [0.15, 0.2) is 11.5 Å². The number of pyridine rings is 1. The number of likely N-dealkylation sites (tertiary alicyclic amines) is 1. The molecule has 0 bridgehead atoms. The van der Waals surface area contributed by atoms with Crippen LogP contribution < -0.4 is 9.47 Å². The van der Waals surface area contributed by atoms with Crippen molar-refractivity contribution in [3.63, 3.8) is 0 Å². The Hall–Kier alpha value is -2.85. The van der Waals surface area contributed by atoms with Gasteiger partial charge in [0.1, 0.15) is 6.61 Å².